The number of nitrogens with one attached hydrogen (secondary N) is 1. The number of aromatic nitrogens is 2. The van der Waals surface area contributed by atoms with Gasteiger partial charge in [0.05, 0.1) is 6.26 Å². The molecular weight excluding hydrogens is 419 g/mol. The Hall–Kier alpha value is -1.84. The normalized spacial score (nSPS) is 15.1. The maximum atomic E-state index is 5.34. The van der Waals surface area contributed by atoms with Crippen LogP contribution in [0.2, 0.25) is 0 Å². The number of rotatable bonds is 4. The van der Waals surface area contributed by atoms with Crippen LogP contribution < -0.4 is 10.2 Å². The molecule has 7 nitrogen and oxygen atoms in total. The van der Waals surface area contributed by atoms with E-state index >= 15 is 0 Å². The van der Waals surface area contributed by atoms with Crippen LogP contribution in [0.5, 0.6) is 0 Å². The van der Waals surface area contributed by atoms with Gasteiger partial charge in [-0.25, -0.2) is 9.97 Å². The topological polar surface area (TPSA) is 69.8 Å². The van der Waals surface area contributed by atoms with Crippen LogP contribution in [0, 0.1) is 0 Å². The van der Waals surface area contributed by atoms with E-state index in [0.717, 1.165) is 56.8 Å². The SMILES string of the molecule is CN=C(NCCc1ccco1)N1CCN(c2ncccn2)CC1.I. The van der Waals surface area contributed by atoms with Gasteiger partial charge in [0.2, 0.25) is 5.95 Å². The molecule has 2 aromatic rings. The van der Waals surface area contributed by atoms with E-state index < -0.39 is 0 Å². The fourth-order valence-corrected chi connectivity index (χ4v) is 2.66. The molecule has 1 fully saturated rings. The Morgan fingerprint density at radius 2 is 1.96 bits per heavy atom. The predicted octanol–water partition coefficient (Wildman–Crippen LogP) is 1.63. The maximum Gasteiger partial charge on any atom is 0.225 e. The molecule has 0 saturated carbocycles. The number of anilines is 1. The van der Waals surface area contributed by atoms with Gasteiger partial charge in [0.15, 0.2) is 5.96 Å². The Bertz CT molecular complexity index is 611. The second-order valence-electron chi connectivity index (χ2n) is 5.33. The fraction of sp³-hybridized carbons (Fsp3) is 0.438. The van der Waals surface area contributed by atoms with Crippen LogP contribution >= 0.6 is 24.0 Å². The molecule has 1 aliphatic heterocycles. The van der Waals surface area contributed by atoms with E-state index in [-0.39, 0.29) is 24.0 Å². The van der Waals surface area contributed by atoms with Crippen molar-refractivity contribution in [1.29, 1.82) is 0 Å². The van der Waals surface area contributed by atoms with Crippen LogP contribution in [0.25, 0.3) is 0 Å². The van der Waals surface area contributed by atoms with Gasteiger partial charge < -0.3 is 19.5 Å². The second-order valence-corrected chi connectivity index (χ2v) is 5.33. The number of nitrogens with zero attached hydrogens (tertiary/aromatic N) is 5. The first kappa shape index (κ1) is 18.5. The lowest BCUT2D eigenvalue weighted by Crippen LogP contribution is -2.53. The van der Waals surface area contributed by atoms with Gasteiger partial charge in [-0.05, 0) is 18.2 Å². The van der Waals surface area contributed by atoms with Gasteiger partial charge in [0, 0.05) is 58.6 Å². The highest BCUT2D eigenvalue weighted by molar-refractivity contribution is 14.0. The summed E-state index contributed by atoms with van der Waals surface area (Å²) in [6.07, 6.45) is 6.12. The molecule has 0 aromatic carbocycles. The van der Waals surface area contributed by atoms with E-state index in [0.29, 0.717) is 0 Å². The zero-order valence-electron chi connectivity index (χ0n) is 13.8. The molecule has 3 heterocycles. The number of piperazine rings is 1. The number of guanidine groups is 1. The highest BCUT2D eigenvalue weighted by atomic mass is 127. The summed E-state index contributed by atoms with van der Waals surface area (Å²) >= 11 is 0. The van der Waals surface area contributed by atoms with Gasteiger partial charge in [-0.1, -0.05) is 0 Å². The molecule has 3 rings (SSSR count). The van der Waals surface area contributed by atoms with Gasteiger partial charge in [-0.3, -0.25) is 4.99 Å². The molecular formula is C16H23IN6O. The summed E-state index contributed by atoms with van der Waals surface area (Å²) in [4.78, 5) is 17.5. The van der Waals surface area contributed by atoms with E-state index in [9.17, 15) is 0 Å². The van der Waals surface area contributed by atoms with Crippen LogP contribution in [0.1, 0.15) is 5.76 Å². The van der Waals surface area contributed by atoms with Crippen molar-refractivity contribution in [2.45, 2.75) is 6.42 Å². The average Bonchev–Trinajstić information content (AvgIpc) is 3.13. The number of furan rings is 1. The molecule has 2 aromatic heterocycles. The van der Waals surface area contributed by atoms with E-state index in [4.69, 9.17) is 4.42 Å². The third-order valence-electron chi connectivity index (χ3n) is 3.86. The third kappa shape index (κ3) is 4.83. The van der Waals surface area contributed by atoms with Crippen molar-refractivity contribution < 1.29 is 4.42 Å². The molecule has 0 bridgehead atoms. The standard InChI is InChI=1S/C16H22N6O.HI/c1-17-15(20-8-5-14-4-2-13-23-14)21-9-11-22(12-10-21)16-18-6-3-7-19-16;/h2-4,6-7,13H,5,8-12H2,1H3,(H,17,20);1H. The molecule has 0 aliphatic carbocycles. The molecule has 1 N–H and O–H groups in total. The molecule has 0 unspecified atom stereocenters. The summed E-state index contributed by atoms with van der Waals surface area (Å²) in [5.41, 5.74) is 0. The molecule has 0 spiro atoms. The third-order valence-corrected chi connectivity index (χ3v) is 3.86. The lowest BCUT2D eigenvalue weighted by molar-refractivity contribution is 0.369. The van der Waals surface area contributed by atoms with Crippen molar-refractivity contribution in [3.63, 3.8) is 0 Å². The lowest BCUT2D eigenvalue weighted by Gasteiger charge is -2.36. The van der Waals surface area contributed by atoms with Crippen molar-refractivity contribution in [2.75, 3.05) is 44.7 Å². The largest absolute Gasteiger partial charge is 0.469 e. The second kappa shape index (κ2) is 9.45. The predicted molar refractivity (Wildman–Crippen MR) is 105 cm³/mol. The highest BCUT2D eigenvalue weighted by Gasteiger charge is 2.20. The van der Waals surface area contributed by atoms with Crippen molar-refractivity contribution in [3.05, 3.63) is 42.6 Å². The summed E-state index contributed by atoms with van der Waals surface area (Å²) < 4.78 is 5.34. The zero-order valence-corrected chi connectivity index (χ0v) is 16.1. The molecule has 1 saturated heterocycles. The molecule has 0 radical (unpaired) electrons. The minimum Gasteiger partial charge on any atom is -0.469 e. The highest BCUT2D eigenvalue weighted by Crippen LogP contribution is 2.09. The van der Waals surface area contributed by atoms with E-state index in [2.05, 4.69) is 30.1 Å². The van der Waals surface area contributed by atoms with Crippen LogP contribution in [0.4, 0.5) is 5.95 Å². The Kier molecular flexibility index (Phi) is 7.29. The molecule has 0 amide bonds. The smallest absolute Gasteiger partial charge is 0.225 e. The van der Waals surface area contributed by atoms with Crippen molar-refractivity contribution in [3.8, 4) is 0 Å². The Morgan fingerprint density at radius 3 is 2.58 bits per heavy atom. The van der Waals surface area contributed by atoms with Crippen molar-refractivity contribution >= 4 is 35.9 Å². The molecule has 8 heteroatoms. The number of hydrogen-bond acceptors (Lipinski definition) is 5. The number of aliphatic imine (C=N–C) groups is 1. The first-order valence-electron chi connectivity index (χ1n) is 7.87. The van der Waals surface area contributed by atoms with Crippen LogP contribution in [-0.4, -0.2) is 60.6 Å². The van der Waals surface area contributed by atoms with E-state index in [1.807, 2.05) is 25.2 Å². The fourth-order valence-electron chi connectivity index (χ4n) is 2.66. The summed E-state index contributed by atoms with van der Waals surface area (Å²) in [5, 5.41) is 3.40. The average molecular weight is 442 g/mol. The van der Waals surface area contributed by atoms with Crippen molar-refractivity contribution in [1.82, 2.24) is 20.2 Å². The summed E-state index contributed by atoms with van der Waals surface area (Å²) in [7, 11) is 1.82. The summed E-state index contributed by atoms with van der Waals surface area (Å²) in [5.74, 6) is 2.72. The maximum absolute atomic E-state index is 5.34. The zero-order chi connectivity index (χ0) is 15.9. The van der Waals surface area contributed by atoms with Crippen LogP contribution in [0.3, 0.4) is 0 Å². The van der Waals surface area contributed by atoms with Crippen molar-refractivity contribution in [2.24, 2.45) is 4.99 Å². The van der Waals surface area contributed by atoms with E-state index in [1.165, 1.54) is 0 Å². The van der Waals surface area contributed by atoms with Crippen LogP contribution in [-0.2, 0) is 6.42 Å². The van der Waals surface area contributed by atoms with Crippen LogP contribution in [0.15, 0.2) is 46.3 Å². The van der Waals surface area contributed by atoms with Gasteiger partial charge in [0.1, 0.15) is 5.76 Å². The first-order chi connectivity index (χ1) is 11.4. The minimum absolute atomic E-state index is 0. The van der Waals surface area contributed by atoms with Gasteiger partial charge in [-0.2, -0.15) is 0 Å². The Morgan fingerprint density at radius 1 is 1.21 bits per heavy atom. The molecule has 24 heavy (non-hydrogen) atoms. The number of hydrogen-bond donors (Lipinski definition) is 1. The van der Waals surface area contributed by atoms with Gasteiger partial charge in [-0.15, -0.1) is 24.0 Å². The lowest BCUT2D eigenvalue weighted by atomic mass is 10.3. The number of halogens is 1. The van der Waals surface area contributed by atoms with E-state index in [1.54, 1.807) is 18.7 Å². The van der Waals surface area contributed by atoms with Gasteiger partial charge >= 0.3 is 0 Å². The Balaban J connectivity index is 0.00000208. The molecule has 0 atom stereocenters. The molecule has 1 aliphatic rings. The molecule has 130 valence electrons. The summed E-state index contributed by atoms with van der Waals surface area (Å²) in [6.45, 7) is 4.39. The first-order valence-corrected chi connectivity index (χ1v) is 7.87. The van der Waals surface area contributed by atoms with Gasteiger partial charge in [0.25, 0.3) is 0 Å². The minimum atomic E-state index is 0. The summed E-state index contributed by atoms with van der Waals surface area (Å²) in [6, 6.07) is 5.74. The quantitative estimate of drug-likeness (QED) is 0.441. The Labute approximate surface area is 159 Å². The monoisotopic (exact) mass is 442 g/mol.